The molecule has 2 atom stereocenters. The van der Waals surface area contributed by atoms with Crippen molar-refractivity contribution < 1.29 is 17.6 Å². The quantitative estimate of drug-likeness (QED) is 0.124. The molecule has 0 bridgehead atoms. The molecule has 9 heteroatoms. The molecule has 0 amide bonds. The van der Waals surface area contributed by atoms with Gasteiger partial charge in [-0.05, 0) is 96.5 Å². The predicted octanol–water partition coefficient (Wildman–Crippen LogP) is 9.15. The summed E-state index contributed by atoms with van der Waals surface area (Å²) in [6.45, 7) is 0. The first-order valence-electron chi connectivity index (χ1n) is 17.9. The molecule has 2 fully saturated rings. The first-order valence-corrected chi connectivity index (χ1v) is 17.9. The Morgan fingerprint density at radius 3 is 1.67 bits per heavy atom. The molecule has 2 saturated carbocycles. The van der Waals surface area contributed by atoms with Gasteiger partial charge >= 0.3 is 0 Å². The molecule has 2 unspecified atom stereocenters. The molecule has 0 aromatic heterocycles. The van der Waals surface area contributed by atoms with Crippen LogP contribution in [0.4, 0.5) is 17.6 Å². The third-order valence-corrected chi connectivity index (χ3v) is 10.6. The number of halogens is 4. The first kappa shape index (κ1) is 36.1. The van der Waals surface area contributed by atoms with Crippen LogP contribution in [-0.4, -0.2) is 56.0 Å². The highest BCUT2D eigenvalue weighted by molar-refractivity contribution is 5.95. The van der Waals surface area contributed by atoms with Gasteiger partial charge in [0, 0.05) is 34.1 Å². The van der Waals surface area contributed by atoms with E-state index in [1.165, 1.54) is 48.5 Å². The lowest BCUT2D eigenvalue weighted by Gasteiger charge is -2.59. The van der Waals surface area contributed by atoms with Crippen molar-refractivity contribution in [2.24, 2.45) is 9.98 Å². The molecule has 1 N–H and O–H groups in total. The molecular weight excluding hydrogens is 650 g/mol. The fraction of sp³-hybridized carbons (Fsp3) is 0.381. The number of rotatable bonds is 6. The van der Waals surface area contributed by atoms with Crippen molar-refractivity contribution in [3.05, 3.63) is 143 Å². The number of aliphatic imine (C=N–C) groups is 2. The average Bonchev–Trinajstić information content (AvgIpc) is 3.10. The summed E-state index contributed by atoms with van der Waals surface area (Å²) in [5, 5.41) is 3.85. The topological polar surface area (TPSA) is 43.2 Å². The van der Waals surface area contributed by atoms with E-state index < -0.39 is 40.1 Å². The van der Waals surface area contributed by atoms with Crippen LogP contribution in [0.5, 0.6) is 0 Å². The Morgan fingerprint density at radius 1 is 0.627 bits per heavy atom. The summed E-state index contributed by atoms with van der Waals surface area (Å²) in [5.74, 6) is -1.37. The lowest BCUT2D eigenvalue weighted by Crippen LogP contribution is -2.64. The number of hydrogen-bond donors (Lipinski definition) is 1. The largest absolute Gasteiger partial charge is 0.349 e. The maximum absolute atomic E-state index is 15.6. The highest BCUT2D eigenvalue weighted by atomic mass is 19.1. The van der Waals surface area contributed by atoms with Crippen LogP contribution in [0.15, 0.2) is 107 Å². The van der Waals surface area contributed by atoms with Gasteiger partial charge in [0.15, 0.2) is 0 Å². The molecule has 4 aromatic carbocycles. The summed E-state index contributed by atoms with van der Waals surface area (Å²) in [6, 6.07) is 25.5. The van der Waals surface area contributed by atoms with Crippen LogP contribution in [0.25, 0.3) is 0 Å². The molecule has 0 saturated heterocycles. The lowest BCUT2D eigenvalue weighted by atomic mass is 9.47. The second-order valence-corrected chi connectivity index (χ2v) is 14.3. The van der Waals surface area contributed by atoms with E-state index in [-0.39, 0.29) is 6.04 Å². The van der Waals surface area contributed by atoms with Crippen molar-refractivity contribution in [2.75, 3.05) is 28.2 Å². The van der Waals surface area contributed by atoms with E-state index in [2.05, 4.69) is 5.32 Å². The van der Waals surface area contributed by atoms with Gasteiger partial charge < -0.3 is 15.1 Å². The Kier molecular flexibility index (Phi) is 10.8. The molecule has 2 aliphatic carbocycles. The third-order valence-electron chi connectivity index (χ3n) is 10.6. The number of nitrogens with one attached hydrogen (secondary N) is 1. The highest BCUT2D eigenvalue weighted by Gasteiger charge is 2.61. The number of guanidine groups is 2. The molecule has 6 rings (SSSR count). The normalized spacial score (nSPS) is 20.8. The minimum absolute atomic E-state index is 0.000445. The summed E-state index contributed by atoms with van der Waals surface area (Å²) >= 11 is 0. The van der Waals surface area contributed by atoms with E-state index in [1.807, 2.05) is 62.3 Å². The second kappa shape index (κ2) is 15.3. The van der Waals surface area contributed by atoms with E-state index in [0.29, 0.717) is 53.4 Å². The van der Waals surface area contributed by atoms with Gasteiger partial charge in [-0.3, -0.25) is 0 Å². The van der Waals surface area contributed by atoms with E-state index in [9.17, 15) is 0 Å². The second-order valence-electron chi connectivity index (χ2n) is 14.3. The SMILES string of the molecule is CN(C)C(=NC(=NC1CCCCC1)NC1(c2cccc(F)c2)CCCC(c2cccc(F)c2)C1(c1cccc(F)c1)c1cccc(F)c1)N(C)C. The van der Waals surface area contributed by atoms with Gasteiger partial charge in [-0.25, -0.2) is 22.6 Å². The van der Waals surface area contributed by atoms with Crippen LogP contribution in [-0.2, 0) is 11.0 Å². The number of benzene rings is 4. The van der Waals surface area contributed by atoms with E-state index >= 15 is 17.6 Å². The molecule has 0 radical (unpaired) electrons. The molecular formula is C42H47F4N5. The molecule has 0 heterocycles. The fourth-order valence-electron chi connectivity index (χ4n) is 8.67. The van der Waals surface area contributed by atoms with Crippen molar-refractivity contribution >= 4 is 11.9 Å². The average molecular weight is 698 g/mol. The van der Waals surface area contributed by atoms with Crippen molar-refractivity contribution in [3.8, 4) is 0 Å². The van der Waals surface area contributed by atoms with Crippen molar-refractivity contribution in [3.63, 3.8) is 0 Å². The fourth-order valence-corrected chi connectivity index (χ4v) is 8.67. The molecule has 5 nitrogen and oxygen atoms in total. The van der Waals surface area contributed by atoms with Crippen molar-refractivity contribution in [1.29, 1.82) is 0 Å². The monoisotopic (exact) mass is 697 g/mol. The van der Waals surface area contributed by atoms with E-state index in [4.69, 9.17) is 9.98 Å². The summed E-state index contributed by atoms with van der Waals surface area (Å²) in [7, 11) is 7.63. The van der Waals surface area contributed by atoms with Crippen LogP contribution in [0.1, 0.15) is 79.5 Å². The zero-order valence-electron chi connectivity index (χ0n) is 29.8. The standard InChI is InChI=1S/C42H47F4N5/c1-50(2)40(51(3)4)48-39(47-37-21-6-5-7-22-37)49-41(30-14-9-18-34(44)26-30)24-12-23-38(29-13-8-17-33(43)25-29)42(41,31-15-10-19-35(45)27-31)32-16-11-20-36(46)28-32/h8-11,13-20,25-28,37-38H,5-7,12,21-24H2,1-4H3,(H,47,49). The lowest BCUT2D eigenvalue weighted by molar-refractivity contribution is 0.126. The van der Waals surface area contributed by atoms with Gasteiger partial charge in [-0.15, -0.1) is 0 Å². The first-order chi connectivity index (χ1) is 24.5. The van der Waals surface area contributed by atoms with Crippen molar-refractivity contribution in [1.82, 2.24) is 15.1 Å². The molecule has 268 valence electrons. The Balaban J connectivity index is 1.77. The van der Waals surface area contributed by atoms with Gasteiger partial charge in [-0.2, -0.15) is 4.99 Å². The minimum atomic E-state index is -1.34. The molecule has 2 aliphatic rings. The van der Waals surface area contributed by atoms with Crippen molar-refractivity contribution in [2.45, 2.75) is 74.3 Å². The molecule has 4 aromatic rings. The Labute approximate surface area is 299 Å². The van der Waals surface area contributed by atoms with Crippen LogP contribution in [0.2, 0.25) is 0 Å². The van der Waals surface area contributed by atoms with Gasteiger partial charge in [0.25, 0.3) is 0 Å². The minimum Gasteiger partial charge on any atom is -0.349 e. The van der Waals surface area contributed by atoms with Gasteiger partial charge in [0.1, 0.15) is 23.3 Å². The Bertz CT molecular complexity index is 1830. The zero-order valence-corrected chi connectivity index (χ0v) is 29.8. The van der Waals surface area contributed by atoms with Crippen LogP contribution >= 0.6 is 0 Å². The van der Waals surface area contributed by atoms with Gasteiger partial charge in [0.05, 0.1) is 17.0 Å². The summed E-state index contributed by atoms with van der Waals surface area (Å²) in [6.07, 6.45) is 6.66. The summed E-state index contributed by atoms with van der Waals surface area (Å²) < 4.78 is 62.1. The van der Waals surface area contributed by atoms with Gasteiger partial charge in [0.2, 0.25) is 11.9 Å². The van der Waals surface area contributed by atoms with E-state index in [0.717, 1.165) is 32.1 Å². The molecule has 0 aliphatic heterocycles. The smallest absolute Gasteiger partial charge is 0.222 e. The van der Waals surface area contributed by atoms with Crippen LogP contribution < -0.4 is 5.32 Å². The summed E-state index contributed by atoms with van der Waals surface area (Å²) in [4.78, 5) is 14.2. The van der Waals surface area contributed by atoms with E-state index in [1.54, 1.807) is 24.3 Å². The van der Waals surface area contributed by atoms with Crippen LogP contribution in [0, 0.1) is 23.3 Å². The number of hydrogen-bond acceptors (Lipinski definition) is 1. The maximum Gasteiger partial charge on any atom is 0.222 e. The number of nitrogens with zero attached hydrogens (tertiary/aromatic N) is 4. The highest BCUT2D eigenvalue weighted by Crippen LogP contribution is 2.62. The third kappa shape index (κ3) is 7.26. The summed E-state index contributed by atoms with van der Waals surface area (Å²) in [5.41, 5.74) is -0.314. The van der Waals surface area contributed by atoms with Crippen LogP contribution in [0.3, 0.4) is 0 Å². The Morgan fingerprint density at radius 2 is 1.14 bits per heavy atom. The molecule has 51 heavy (non-hydrogen) atoms. The Hall–Kier alpha value is -4.66. The van der Waals surface area contributed by atoms with Gasteiger partial charge in [-0.1, -0.05) is 74.2 Å². The maximum atomic E-state index is 15.6. The molecule has 0 spiro atoms. The zero-order chi connectivity index (χ0) is 36.2. The predicted molar refractivity (Wildman–Crippen MR) is 197 cm³/mol.